The summed E-state index contributed by atoms with van der Waals surface area (Å²) in [6.45, 7) is 12.9. The van der Waals surface area contributed by atoms with Gasteiger partial charge in [-0.25, -0.2) is 4.98 Å². The Hall–Kier alpha value is -3.93. The molecule has 3 rings (SSSR count). The summed E-state index contributed by atoms with van der Waals surface area (Å²) in [5.41, 5.74) is 7.58. The van der Waals surface area contributed by atoms with Gasteiger partial charge < -0.3 is 24.1 Å². The third kappa shape index (κ3) is 6.45. The zero-order valence-electron chi connectivity index (χ0n) is 23.1. The van der Waals surface area contributed by atoms with E-state index in [4.69, 9.17) is 18.9 Å². The molecule has 0 atom stereocenters. The number of pyridine rings is 1. The maximum absolute atomic E-state index is 10.7. The molecule has 0 radical (unpaired) electrons. The zero-order valence-corrected chi connectivity index (χ0v) is 23.1. The van der Waals surface area contributed by atoms with Gasteiger partial charge in [-0.2, -0.15) is 0 Å². The molecule has 0 aliphatic carbocycles. The molecule has 0 fully saturated rings. The first-order valence-electron chi connectivity index (χ1n) is 12.2. The largest absolute Gasteiger partial charge is 0.504 e. The molecule has 37 heavy (non-hydrogen) atoms. The topological polar surface area (TPSA) is 70.0 Å². The van der Waals surface area contributed by atoms with Crippen LogP contribution in [0.25, 0.3) is 22.3 Å². The van der Waals surface area contributed by atoms with Crippen molar-refractivity contribution in [1.82, 2.24) is 4.98 Å². The fourth-order valence-electron chi connectivity index (χ4n) is 4.15. The van der Waals surface area contributed by atoms with Crippen LogP contribution in [-0.4, -0.2) is 37.5 Å². The van der Waals surface area contributed by atoms with Crippen LogP contribution < -0.4 is 18.9 Å². The summed E-state index contributed by atoms with van der Waals surface area (Å²) in [5, 5.41) is 10.7. The summed E-state index contributed by atoms with van der Waals surface area (Å²) < 4.78 is 23.2. The number of aromatic hydroxyl groups is 1. The molecular formula is C31H37NO5. The number of benzene rings is 2. The molecule has 0 spiro atoms. The number of phenolic OH excluding ortho intramolecular Hbond substituents is 1. The number of phenols is 1. The number of hydrogen-bond donors (Lipinski definition) is 1. The third-order valence-corrected chi connectivity index (χ3v) is 6.02. The minimum absolute atomic E-state index is 0.0645. The molecule has 196 valence electrons. The molecule has 3 aromatic rings. The van der Waals surface area contributed by atoms with E-state index >= 15 is 0 Å². The predicted molar refractivity (Wildman–Crippen MR) is 149 cm³/mol. The van der Waals surface area contributed by atoms with Gasteiger partial charge in [-0.3, -0.25) is 0 Å². The SMILES string of the molecule is COc1c(C)c(-c2ccc(OCC=C(C)C)c(O)c2)c(OC)c(C)c1-c1ccc(OCC=C(C)C)nc1. The number of methoxy groups -OCH3 is 2. The van der Waals surface area contributed by atoms with E-state index in [2.05, 4.69) is 4.98 Å². The first kappa shape index (κ1) is 27.7. The highest BCUT2D eigenvalue weighted by Gasteiger charge is 2.24. The minimum atomic E-state index is 0.0645. The van der Waals surface area contributed by atoms with Crippen LogP contribution in [0.1, 0.15) is 38.8 Å². The lowest BCUT2D eigenvalue weighted by Crippen LogP contribution is -2.02. The Balaban J connectivity index is 2.04. The predicted octanol–water partition coefficient (Wildman–Crippen LogP) is 7.45. The van der Waals surface area contributed by atoms with Crippen LogP contribution in [0.2, 0.25) is 0 Å². The average molecular weight is 504 g/mol. The molecule has 2 aromatic carbocycles. The number of allylic oxidation sites excluding steroid dienone is 2. The van der Waals surface area contributed by atoms with Crippen molar-refractivity contribution in [2.75, 3.05) is 27.4 Å². The Morgan fingerprint density at radius 3 is 1.81 bits per heavy atom. The summed E-state index contributed by atoms with van der Waals surface area (Å²) in [7, 11) is 3.31. The van der Waals surface area contributed by atoms with E-state index < -0.39 is 0 Å². The van der Waals surface area contributed by atoms with Crippen LogP contribution in [0.15, 0.2) is 59.8 Å². The van der Waals surface area contributed by atoms with Crippen molar-refractivity contribution in [3.05, 3.63) is 71.0 Å². The highest BCUT2D eigenvalue weighted by Crippen LogP contribution is 2.48. The summed E-state index contributed by atoms with van der Waals surface area (Å²) in [6.07, 6.45) is 5.76. The van der Waals surface area contributed by atoms with Crippen molar-refractivity contribution in [2.45, 2.75) is 41.5 Å². The molecule has 1 aromatic heterocycles. The molecule has 0 saturated carbocycles. The molecular weight excluding hydrogens is 466 g/mol. The highest BCUT2D eigenvalue weighted by molar-refractivity contribution is 5.88. The lowest BCUT2D eigenvalue weighted by molar-refractivity contribution is 0.335. The number of nitrogens with zero attached hydrogens (tertiary/aromatic N) is 1. The van der Waals surface area contributed by atoms with Crippen LogP contribution >= 0.6 is 0 Å². The smallest absolute Gasteiger partial charge is 0.213 e. The lowest BCUT2D eigenvalue weighted by atomic mass is 9.89. The van der Waals surface area contributed by atoms with Gasteiger partial charge in [0.25, 0.3) is 0 Å². The second-order valence-electron chi connectivity index (χ2n) is 9.32. The molecule has 0 aliphatic heterocycles. The normalized spacial score (nSPS) is 10.5. The van der Waals surface area contributed by atoms with E-state index in [9.17, 15) is 5.11 Å². The standard InChI is InChI=1S/C31H37NO5/c1-19(2)13-15-36-26-11-9-23(17-25(26)33)28-21(5)31(35-8)29(22(6)30(28)34-7)24-10-12-27(32-18-24)37-16-14-20(3)4/h9-14,17-18,33H,15-16H2,1-8H3. The number of aromatic nitrogens is 1. The molecule has 0 bridgehead atoms. The summed E-state index contributed by atoms with van der Waals surface area (Å²) in [6, 6.07) is 9.21. The third-order valence-electron chi connectivity index (χ3n) is 6.02. The first-order chi connectivity index (χ1) is 17.7. The summed E-state index contributed by atoms with van der Waals surface area (Å²) in [4.78, 5) is 4.49. The van der Waals surface area contributed by atoms with Gasteiger partial charge in [0, 0.05) is 40.1 Å². The molecule has 0 unspecified atom stereocenters. The minimum Gasteiger partial charge on any atom is -0.504 e. The van der Waals surface area contributed by atoms with Crippen LogP contribution in [0, 0.1) is 13.8 Å². The Bertz CT molecular complexity index is 1300. The quantitative estimate of drug-likeness (QED) is 0.290. The molecule has 6 heteroatoms. The van der Waals surface area contributed by atoms with Crippen molar-refractivity contribution in [3.63, 3.8) is 0 Å². The molecule has 0 amide bonds. The number of rotatable bonds is 10. The summed E-state index contributed by atoms with van der Waals surface area (Å²) >= 11 is 0. The number of ether oxygens (including phenoxy) is 4. The van der Waals surface area contributed by atoms with Crippen LogP contribution in [-0.2, 0) is 0 Å². The van der Waals surface area contributed by atoms with Gasteiger partial charge >= 0.3 is 0 Å². The van der Waals surface area contributed by atoms with E-state index in [1.165, 1.54) is 5.57 Å². The Morgan fingerprint density at radius 2 is 1.32 bits per heavy atom. The van der Waals surface area contributed by atoms with Gasteiger partial charge in [-0.1, -0.05) is 17.2 Å². The second-order valence-corrected chi connectivity index (χ2v) is 9.32. The molecule has 0 aliphatic rings. The van der Waals surface area contributed by atoms with Crippen LogP contribution in [0.4, 0.5) is 0 Å². The average Bonchev–Trinajstić information content (AvgIpc) is 2.85. The van der Waals surface area contributed by atoms with Crippen LogP contribution in [0.5, 0.6) is 28.9 Å². The van der Waals surface area contributed by atoms with E-state index in [0.717, 1.165) is 44.7 Å². The van der Waals surface area contributed by atoms with Crippen molar-refractivity contribution in [3.8, 4) is 51.1 Å². The van der Waals surface area contributed by atoms with Crippen molar-refractivity contribution >= 4 is 0 Å². The van der Waals surface area contributed by atoms with E-state index in [1.54, 1.807) is 32.5 Å². The molecule has 1 heterocycles. The van der Waals surface area contributed by atoms with Crippen molar-refractivity contribution in [2.24, 2.45) is 0 Å². The maximum Gasteiger partial charge on any atom is 0.213 e. The Labute approximate surface area is 220 Å². The fraction of sp³-hybridized carbons (Fsp3) is 0.323. The Morgan fingerprint density at radius 1 is 0.784 bits per heavy atom. The second kappa shape index (κ2) is 12.3. The molecule has 6 nitrogen and oxygen atoms in total. The van der Waals surface area contributed by atoms with Gasteiger partial charge in [0.2, 0.25) is 5.88 Å². The van der Waals surface area contributed by atoms with Crippen molar-refractivity contribution in [1.29, 1.82) is 0 Å². The van der Waals surface area contributed by atoms with E-state index in [0.29, 0.717) is 30.6 Å². The fourth-order valence-corrected chi connectivity index (χ4v) is 4.15. The van der Waals surface area contributed by atoms with E-state index in [1.807, 2.05) is 71.9 Å². The maximum atomic E-state index is 10.7. The van der Waals surface area contributed by atoms with Gasteiger partial charge in [-0.15, -0.1) is 0 Å². The molecule has 0 saturated heterocycles. The Kier molecular flexibility index (Phi) is 9.23. The molecule has 1 N–H and O–H groups in total. The van der Waals surface area contributed by atoms with Gasteiger partial charge in [-0.05, 0) is 77.5 Å². The highest BCUT2D eigenvalue weighted by atomic mass is 16.5. The summed E-state index contributed by atoms with van der Waals surface area (Å²) in [5.74, 6) is 2.47. The van der Waals surface area contributed by atoms with Gasteiger partial charge in [0.05, 0.1) is 14.2 Å². The first-order valence-corrected chi connectivity index (χ1v) is 12.2. The van der Waals surface area contributed by atoms with Gasteiger partial charge in [0.1, 0.15) is 24.7 Å². The lowest BCUT2D eigenvalue weighted by Gasteiger charge is -2.23. The monoisotopic (exact) mass is 503 g/mol. The van der Waals surface area contributed by atoms with Crippen molar-refractivity contribution < 1.29 is 24.1 Å². The van der Waals surface area contributed by atoms with Gasteiger partial charge in [0.15, 0.2) is 11.5 Å². The van der Waals surface area contributed by atoms with E-state index in [-0.39, 0.29) is 5.75 Å². The number of hydrogen-bond acceptors (Lipinski definition) is 6. The zero-order chi connectivity index (χ0) is 27.1. The van der Waals surface area contributed by atoms with Crippen LogP contribution in [0.3, 0.4) is 0 Å².